The summed E-state index contributed by atoms with van der Waals surface area (Å²) in [5, 5.41) is 11.6. The number of nitrogens with two attached hydrogens (primary N) is 1. The van der Waals surface area contributed by atoms with Gasteiger partial charge in [0, 0.05) is 12.6 Å². The van der Waals surface area contributed by atoms with Crippen LogP contribution in [0.15, 0.2) is 48.5 Å². The zero-order valence-electron chi connectivity index (χ0n) is 17.7. The predicted molar refractivity (Wildman–Crippen MR) is 117 cm³/mol. The number of carbonyl (C=O) groups is 2. The number of ether oxygens (including phenoxy) is 1. The van der Waals surface area contributed by atoms with Crippen LogP contribution in [-0.2, 0) is 32.2 Å². The van der Waals surface area contributed by atoms with E-state index in [-0.39, 0.29) is 24.9 Å². The summed E-state index contributed by atoms with van der Waals surface area (Å²) in [6, 6.07) is 12.2. The fourth-order valence-corrected chi connectivity index (χ4v) is 3.56. The van der Waals surface area contributed by atoms with Crippen molar-refractivity contribution in [2.75, 3.05) is 18.9 Å². The molecule has 0 radical (unpaired) electrons. The molecule has 0 saturated heterocycles. The molecule has 0 heterocycles. The van der Waals surface area contributed by atoms with Crippen molar-refractivity contribution in [3.63, 3.8) is 0 Å². The van der Waals surface area contributed by atoms with E-state index < -0.39 is 57.2 Å². The highest BCUT2D eigenvalue weighted by molar-refractivity contribution is 8.05. The van der Waals surface area contributed by atoms with Crippen molar-refractivity contribution in [3.05, 3.63) is 71.3 Å². The molecule has 180 valence electrons. The molecule has 2 amide bonds. The molecule has 2 atom stereocenters. The number of halogens is 2. The first-order valence-electron chi connectivity index (χ1n) is 10.2. The number of hydrogen-bond acceptors (Lipinski definition) is 6. The Morgan fingerprint density at radius 2 is 1.67 bits per heavy atom. The van der Waals surface area contributed by atoms with E-state index in [9.17, 15) is 31.9 Å². The molecule has 2 rings (SSSR count). The zero-order chi connectivity index (χ0) is 24.4. The van der Waals surface area contributed by atoms with Crippen LogP contribution >= 0.6 is 0 Å². The monoisotopic (exact) mass is 484 g/mol. The maximum Gasteiger partial charge on any atom is 0.333 e. The number of aliphatic hydroxyl groups is 1. The van der Waals surface area contributed by atoms with E-state index in [0.717, 1.165) is 17.7 Å². The summed E-state index contributed by atoms with van der Waals surface area (Å²) in [7, 11) is -4.25. The molecule has 0 bridgehead atoms. The summed E-state index contributed by atoms with van der Waals surface area (Å²) in [4.78, 5) is 23.6. The molecule has 0 spiro atoms. The van der Waals surface area contributed by atoms with Crippen LogP contribution < -0.4 is 11.1 Å². The van der Waals surface area contributed by atoms with Gasteiger partial charge in [0.25, 0.3) is 5.91 Å². The third-order valence-corrected chi connectivity index (χ3v) is 6.09. The Labute approximate surface area is 190 Å². The minimum Gasteiger partial charge on any atom is -0.390 e. The number of amides is 2. The van der Waals surface area contributed by atoms with Crippen LogP contribution in [0, 0.1) is 11.6 Å². The zero-order valence-corrected chi connectivity index (χ0v) is 18.6. The second-order valence-corrected chi connectivity index (χ2v) is 9.38. The number of sulfone groups is 1. The first kappa shape index (κ1) is 26.4. The Morgan fingerprint density at radius 1 is 1.03 bits per heavy atom. The number of rotatable bonds is 12. The Balaban J connectivity index is 2.00. The van der Waals surface area contributed by atoms with Crippen molar-refractivity contribution in [1.82, 2.24) is 5.32 Å². The molecule has 4 N–H and O–H groups in total. The molecule has 11 heteroatoms. The Morgan fingerprint density at radius 3 is 2.27 bits per heavy atom. The Bertz CT molecular complexity index is 1030. The van der Waals surface area contributed by atoms with Crippen LogP contribution in [0.4, 0.5) is 13.6 Å². The molecule has 2 aromatic rings. The minimum absolute atomic E-state index is 0.0343. The SMILES string of the molecule is NC(=O)S(=O)(=O)CCOC(C(=O)NCCc1ccccc1)C(O)CCc1cc(F)cc(F)c1. The molecule has 0 fully saturated rings. The van der Waals surface area contributed by atoms with Gasteiger partial charge in [-0.05, 0) is 42.5 Å². The molecular weight excluding hydrogens is 458 g/mol. The molecule has 0 aliphatic heterocycles. The predicted octanol–water partition coefficient (Wildman–Crippen LogP) is 1.50. The lowest BCUT2D eigenvalue weighted by Crippen LogP contribution is -2.45. The van der Waals surface area contributed by atoms with Crippen molar-refractivity contribution in [2.24, 2.45) is 5.73 Å². The van der Waals surface area contributed by atoms with E-state index in [1.807, 2.05) is 30.3 Å². The van der Waals surface area contributed by atoms with Crippen LogP contribution in [0.3, 0.4) is 0 Å². The van der Waals surface area contributed by atoms with E-state index in [1.165, 1.54) is 0 Å². The van der Waals surface area contributed by atoms with Gasteiger partial charge in [-0.2, -0.15) is 0 Å². The molecule has 0 aliphatic carbocycles. The normalized spacial score (nSPS) is 13.3. The number of aryl methyl sites for hydroxylation is 1. The number of aliphatic hydroxyl groups excluding tert-OH is 1. The average molecular weight is 485 g/mol. The van der Waals surface area contributed by atoms with Crippen molar-refractivity contribution >= 4 is 21.0 Å². The highest BCUT2D eigenvalue weighted by Gasteiger charge is 2.29. The van der Waals surface area contributed by atoms with Crippen LogP contribution in [0.5, 0.6) is 0 Å². The first-order valence-corrected chi connectivity index (χ1v) is 11.8. The van der Waals surface area contributed by atoms with Crippen LogP contribution in [0.1, 0.15) is 17.5 Å². The lowest BCUT2D eigenvalue weighted by atomic mass is 10.0. The fourth-order valence-electron chi connectivity index (χ4n) is 3.04. The van der Waals surface area contributed by atoms with E-state index in [4.69, 9.17) is 10.5 Å². The van der Waals surface area contributed by atoms with Gasteiger partial charge in [0.2, 0.25) is 9.84 Å². The van der Waals surface area contributed by atoms with E-state index in [1.54, 1.807) is 0 Å². The molecule has 2 aromatic carbocycles. The van der Waals surface area contributed by atoms with Gasteiger partial charge >= 0.3 is 5.24 Å². The topological polar surface area (TPSA) is 136 Å². The van der Waals surface area contributed by atoms with Gasteiger partial charge < -0.3 is 20.9 Å². The lowest BCUT2D eigenvalue weighted by molar-refractivity contribution is -0.140. The molecular formula is C22H26F2N2O6S. The van der Waals surface area contributed by atoms with Gasteiger partial charge in [-0.1, -0.05) is 30.3 Å². The van der Waals surface area contributed by atoms with Crippen molar-refractivity contribution in [2.45, 2.75) is 31.5 Å². The Kier molecular flexibility index (Phi) is 9.89. The summed E-state index contributed by atoms with van der Waals surface area (Å²) in [6.45, 7) is -0.335. The molecule has 0 aromatic heterocycles. The number of primary amides is 1. The summed E-state index contributed by atoms with van der Waals surface area (Å²) < 4.78 is 55.2. The molecule has 33 heavy (non-hydrogen) atoms. The van der Waals surface area contributed by atoms with Crippen molar-refractivity contribution in [1.29, 1.82) is 0 Å². The van der Waals surface area contributed by atoms with Gasteiger partial charge in [-0.25, -0.2) is 17.2 Å². The maximum atomic E-state index is 13.4. The van der Waals surface area contributed by atoms with Crippen molar-refractivity contribution in [3.8, 4) is 0 Å². The van der Waals surface area contributed by atoms with Crippen molar-refractivity contribution < 1.29 is 36.6 Å². The van der Waals surface area contributed by atoms with Gasteiger partial charge in [0.1, 0.15) is 11.6 Å². The number of carbonyl (C=O) groups excluding carboxylic acids is 2. The number of hydrogen-bond donors (Lipinski definition) is 3. The number of benzene rings is 2. The smallest absolute Gasteiger partial charge is 0.333 e. The average Bonchev–Trinajstić information content (AvgIpc) is 2.75. The summed E-state index contributed by atoms with van der Waals surface area (Å²) in [5.41, 5.74) is 6.03. The summed E-state index contributed by atoms with van der Waals surface area (Å²) in [6.07, 6.45) is -2.44. The molecule has 2 unspecified atom stereocenters. The lowest BCUT2D eigenvalue weighted by Gasteiger charge is -2.23. The van der Waals surface area contributed by atoms with Crippen LogP contribution in [0.2, 0.25) is 0 Å². The number of nitrogens with one attached hydrogen (secondary N) is 1. The van der Waals surface area contributed by atoms with Crippen LogP contribution in [0.25, 0.3) is 0 Å². The highest BCUT2D eigenvalue weighted by atomic mass is 32.2. The quantitative estimate of drug-likeness (QED) is 0.418. The van der Waals surface area contributed by atoms with Gasteiger partial charge in [-0.15, -0.1) is 0 Å². The van der Waals surface area contributed by atoms with Crippen LogP contribution in [-0.4, -0.2) is 55.8 Å². The first-order chi connectivity index (χ1) is 15.6. The summed E-state index contributed by atoms with van der Waals surface area (Å²) >= 11 is 0. The summed E-state index contributed by atoms with van der Waals surface area (Å²) in [5.74, 6) is -3.01. The second-order valence-electron chi connectivity index (χ2n) is 7.34. The largest absolute Gasteiger partial charge is 0.390 e. The van der Waals surface area contributed by atoms with Gasteiger partial charge in [-0.3, -0.25) is 9.59 Å². The maximum absolute atomic E-state index is 13.4. The van der Waals surface area contributed by atoms with E-state index >= 15 is 0 Å². The third kappa shape index (κ3) is 8.87. The minimum atomic E-state index is -4.25. The van der Waals surface area contributed by atoms with Gasteiger partial charge in [0.15, 0.2) is 6.10 Å². The fraction of sp³-hybridized carbons (Fsp3) is 0.364. The molecule has 0 saturated carbocycles. The van der Waals surface area contributed by atoms with E-state index in [2.05, 4.69) is 5.32 Å². The Hall–Kier alpha value is -2.89. The molecule has 8 nitrogen and oxygen atoms in total. The highest BCUT2D eigenvalue weighted by Crippen LogP contribution is 2.14. The second kappa shape index (κ2) is 12.4. The molecule has 0 aliphatic rings. The van der Waals surface area contributed by atoms with E-state index in [0.29, 0.717) is 12.5 Å². The standard InChI is InChI=1S/C22H26F2N2O6S/c23-17-12-16(13-18(24)14-17)6-7-19(27)20(32-10-11-33(30,31)22(25)29)21(28)26-9-8-15-4-2-1-3-5-15/h1-5,12-14,19-20,27H,6-11H2,(H2,25,29)(H,26,28). The third-order valence-electron chi connectivity index (χ3n) is 4.77. The van der Waals surface area contributed by atoms with Gasteiger partial charge in [0.05, 0.1) is 18.5 Å².